The molecular weight excluding hydrogens is 528 g/mol. The van der Waals surface area contributed by atoms with Crippen LogP contribution in [0.1, 0.15) is 9.60 Å². The average molecular weight is 564 g/mol. The van der Waals surface area contributed by atoms with Crippen LogP contribution in [0, 0.1) is 0 Å². The van der Waals surface area contributed by atoms with Gasteiger partial charge < -0.3 is 0 Å². The van der Waals surface area contributed by atoms with Gasteiger partial charge in [0.05, 0.1) is 9.60 Å². The lowest BCUT2D eigenvalue weighted by Crippen LogP contribution is -1.92. The summed E-state index contributed by atoms with van der Waals surface area (Å²) < 4.78 is 65.2. The van der Waals surface area contributed by atoms with Crippen molar-refractivity contribution in [2.45, 2.75) is 0 Å². The largest absolute Gasteiger partial charge is 0.0636 e. The van der Waals surface area contributed by atoms with Gasteiger partial charge >= 0.3 is 0 Å². The van der Waals surface area contributed by atoms with Gasteiger partial charge in [0.1, 0.15) is 0 Å². The predicted octanol–water partition coefficient (Wildman–Crippen LogP) is 12.5. The lowest BCUT2D eigenvalue weighted by atomic mass is 9.84. The quantitative estimate of drug-likeness (QED) is 0.148. The summed E-state index contributed by atoms with van der Waals surface area (Å²) >= 11 is 0. The van der Waals surface area contributed by atoms with Gasteiger partial charge in [0, 0.05) is 0 Å². The summed E-state index contributed by atoms with van der Waals surface area (Å²) in [5.74, 6) is 0. The zero-order chi connectivity index (χ0) is 35.1. The van der Waals surface area contributed by atoms with Gasteiger partial charge in [-0.2, -0.15) is 0 Å². The average Bonchev–Trinajstić information content (AvgIpc) is 3.17. The highest BCUT2D eigenvalue weighted by Gasteiger charge is 2.18. The summed E-state index contributed by atoms with van der Waals surface area (Å²) in [6.45, 7) is 0. The van der Waals surface area contributed by atoms with Crippen molar-refractivity contribution in [2.24, 2.45) is 0 Å². The molecule has 0 saturated carbocycles. The second-order valence-electron chi connectivity index (χ2n) is 11.2. The number of hydrogen-bond acceptors (Lipinski definition) is 0. The first kappa shape index (κ1) is 18.7. The molecular formula is C44H28. The molecule has 0 spiro atoms. The minimum atomic E-state index is -0.380. The van der Waals surface area contributed by atoms with Crippen LogP contribution in [0.3, 0.4) is 0 Å². The van der Waals surface area contributed by atoms with Crippen LogP contribution < -0.4 is 0 Å². The minimum Gasteiger partial charge on any atom is -0.0622 e. The molecule has 9 rings (SSSR count). The van der Waals surface area contributed by atoms with E-state index in [2.05, 4.69) is 18.2 Å². The van der Waals surface area contributed by atoms with Crippen molar-refractivity contribution < 1.29 is 9.60 Å². The molecule has 0 N–H and O–H groups in total. The van der Waals surface area contributed by atoms with Crippen molar-refractivity contribution in [3.05, 3.63) is 170 Å². The zero-order valence-corrected chi connectivity index (χ0v) is 23.6. The van der Waals surface area contributed by atoms with Crippen LogP contribution in [-0.2, 0) is 0 Å². The molecule has 0 aliphatic carbocycles. The second kappa shape index (κ2) is 9.93. The van der Waals surface area contributed by atoms with Crippen molar-refractivity contribution in [1.82, 2.24) is 0 Å². The summed E-state index contributed by atoms with van der Waals surface area (Å²) in [5.41, 5.74) is 3.09. The van der Waals surface area contributed by atoms with Crippen LogP contribution in [0.4, 0.5) is 0 Å². The third-order valence-electron chi connectivity index (χ3n) is 8.63. The maximum atomic E-state index is 9.87. The van der Waals surface area contributed by atoms with Crippen molar-refractivity contribution in [3.63, 3.8) is 0 Å². The molecule has 204 valence electrons. The van der Waals surface area contributed by atoms with E-state index in [1.165, 1.54) is 0 Å². The van der Waals surface area contributed by atoms with Crippen LogP contribution in [0.5, 0.6) is 0 Å². The molecule has 0 aromatic heterocycles. The molecule has 0 unspecified atom stereocenters. The van der Waals surface area contributed by atoms with Gasteiger partial charge in [-0.05, 0) is 105 Å². The van der Waals surface area contributed by atoms with Crippen LogP contribution in [0.15, 0.2) is 170 Å². The molecule has 0 atom stereocenters. The minimum absolute atomic E-state index is 0.0298. The Hall–Kier alpha value is -5.72. The topological polar surface area (TPSA) is 0 Å². The van der Waals surface area contributed by atoms with Crippen LogP contribution in [-0.4, -0.2) is 0 Å². The Labute approximate surface area is 266 Å². The normalized spacial score (nSPS) is 13.9. The molecule has 44 heavy (non-hydrogen) atoms. The molecule has 9 aromatic carbocycles. The molecule has 0 aliphatic heterocycles. The Balaban J connectivity index is 1.55. The third kappa shape index (κ3) is 3.92. The van der Waals surface area contributed by atoms with Crippen molar-refractivity contribution in [1.29, 1.82) is 0 Å². The van der Waals surface area contributed by atoms with Gasteiger partial charge in [-0.15, -0.1) is 0 Å². The fourth-order valence-electron chi connectivity index (χ4n) is 6.56. The van der Waals surface area contributed by atoms with Crippen molar-refractivity contribution in [3.8, 4) is 33.4 Å². The first-order valence-electron chi connectivity index (χ1n) is 18.2. The SMILES string of the molecule is [2H]c1c([2H])c([2H])c2c(-c3ccc4c(ccc5ccccc54)c3)c3c([2H])c(-c4ccccc4)c([2H])c([2H])c3c(-c3ccc4ccccc4c3)c2c1[2H]. The lowest BCUT2D eigenvalue weighted by molar-refractivity contribution is 1.64. The molecule has 0 fully saturated rings. The highest BCUT2D eigenvalue weighted by Crippen LogP contribution is 2.46. The second-order valence-corrected chi connectivity index (χ2v) is 11.2. The van der Waals surface area contributed by atoms with E-state index < -0.39 is 0 Å². The van der Waals surface area contributed by atoms with E-state index in [4.69, 9.17) is 2.74 Å². The fourth-order valence-corrected chi connectivity index (χ4v) is 6.56. The maximum Gasteiger partial charge on any atom is 0.0636 e. The molecule has 0 bridgehead atoms. The predicted molar refractivity (Wildman–Crippen MR) is 190 cm³/mol. The molecule has 0 nitrogen and oxygen atoms in total. The molecule has 0 saturated heterocycles. The number of hydrogen-bond donors (Lipinski definition) is 0. The van der Waals surface area contributed by atoms with E-state index in [0.29, 0.717) is 44.2 Å². The van der Waals surface area contributed by atoms with E-state index in [9.17, 15) is 6.85 Å². The fraction of sp³-hybridized carbons (Fsp3) is 0. The van der Waals surface area contributed by atoms with Gasteiger partial charge in [0.25, 0.3) is 0 Å². The van der Waals surface area contributed by atoms with Gasteiger partial charge in [0.2, 0.25) is 0 Å². The van der Waals surface area contributed by atoms with Crippen molar-refractivity contribution >= 4 is 53.9 Å². The maximum absolute atomic E-state index is 9.87. The van der Waals surface area contributed by atoms with E-state index >= 15 is 0 Å². The van der Waals surface area contributed by atoms with Gasteiger partial charge in [-0.25, -0.2) is 0 Å². The van der Waals surface area contributed by atoms with E-state index in [1.807, 2.05) is 109 Å². The summed E-state index contributed by atoms with van der Waals surface area (Å²) in [6.07, 6.45) is 0. The lowest BCUT2D eigenvalue weighted by Gasteiger charge is -2.19. The van der Waals surface area contributed by atoms with Gasteiger partial charge in [0.15, 0.2) is 0 Å². The van der Waals surface area contributed by atoms with Crippen LogP contribution in [0.25, 0.3) is 87.2 Å². The van der Waals surface area contributed by atoms with Gasteiger partial charge in [-0.1, -0.05) is 152 Å². The Morgan fingerprint density at radius 1 is 0.318 bits per heavy atom. The first-order valence-corrected chi connectivity index (χ1v) is 14.7. The molecule has 0 amide bonds. The smallest absolute Gasteiger partial charge is 0.0622 e. The van der Waals surface area contributed by atoms with Gasteiger partial charge in [-0.3, -0.25) is 0 Å². The highest BCUT2D eigenvalue weighted by molar-refractivity contribution is 6.23. The monoisotopic (exact) mass is 563 g/mol. The van der Waals surface area contributed by atoms with E-state index in [-0.39, 0.29) is 53.1 Å². The Kier molecular flexibility index (Phi) is 4.23. The van der Waals surface area contributed by atoms with Crippen LogP contribution in [0.2, 0.25) is 0 Å². The highest BCUT2D eigenvalue weighted by atomic mass is 14.2. The number of fused-ring (bicyclic) bond motifs is 6. The summed E-state index contributed by atoms with van der Waals surface area (Å²) in [6, 6.07) is 39.7. The molecule has 0 heterocycles. The third-order valence-corrected chi connectivity index (χ3v) is 8.63. The Morgan fingerprint density at radius 2 is 0.886 bits per heavy atom. The molecule has 0 radical (unpaired) electrons. The summed E-state index contributed by atoms with van der Waals surface area (Å²) in [7, 11) is 0. The Bertz CT molecular complexity index is 2930. The molecule has 0 aliphatic rings. The number of rotatable bonds is 3. The first-order chi connectivity index (χ1) is 24.7. The Morgan fingerprint density at radius 3 is 1.70 bits per heavy atom. The zero-order valence-electron chi connectivity index (χ0n) is 30.6. The molecule has 9 aromatic rings. The van der Waals surface area contributed by atoms with Crippen LogP contribution >= 0.6 is 0 Å². The van der Waals surface area contributed by atoms with Crippen molar-refractivity contribution in [2.75, 3.05) is 0 Å². The summed E-state index contributed by atoms with van der Waals surface area (Å²) in [4.78, 5) is 0. The standard InChI is InChI=1S/C44H28/c1-2-10-29(11-3-1)33-22-25-41-42(28-33)44(36-23-24-38-34(27-36)20-19-31-13-6-7-15-37(31)38)40-17-9-8-16-39(40)43(41)35-21-18-30-12-4-5-14-32(30)26-35/h1-28H/i8D,9D,16D,17D,22D,25D,28D. The molecule has 0 heteroatoms. The van der Waals surface area contributed by atoms with E-state index in [0.717, 1.165) is 32.3 Å². The summed E-state index contributed by atoms with van der Waals surface area (Å²) in [5, 5.41) is 7.30. The number of benzene rings is 9. The van der Waals surface area contributed by atoms with E-state index in [1.54, 1.807) is 0 Å².